The molecule has 1 heterocycles. The van der Waals surface area contributed by atoms with Gasteiger partial charge in [-0.15, -0.1) is 6.58 Å². The maximum atomic E-state index is 10.5. The number of nitrogens with zero attached hydrogens (tertiary/aromatic N) is 1. The second-order valence-corrected chi connectivity index (χ2v) is 2.11. The van der Waals surface area contributed by atoms with E-state index in [2.05, 4.69) is 6.58 Å². The van der Waals surface area contributed by atoms with Gasteiger partial charge in [0.2, 0.25) is 0 Å². The van der Waals surface area contributed by atoms with E-state index in [0.29, 0.717) is 0 Å². The molecular formula is C6H10NO-. The maximum absolute atomic E-state index is 10.5. The molecule has 1 saturated heterocycles. The minimum Gasteiger partial charge on any atom is -0.785 e. The molecule has 2 heteroatoms. The first-order valence-corrected chi connectivity index (χ1v) is 2.89. The van der Waals surface area contributed by atoms with Crippen LogP contribution in [0.5, 0.6) is 0 Å². The Bertz CT molecular complexity index is 92.5. The van der Waals surface area contributed by atoms with Crippen molar-refractivity contribution in [1.29, 1.82) is 0 Å². The zero-order chi connectivity index (χ0) is 5.98. The van der Waals surface area contributed by atoms with Crippen LogP contribution < -0.4 is 0 Å². The molecule has 1 aliphatic heterocycles. The molecule has 46 valence electrons. The van der Waals surface area contributed by atoms with Gasteiger partial charge in [-0.1, -0.05) is 6.08 Å². The smallest absolute Gasteiger partial charge is 0.00208 e. The summed E-state index contributed by atoms with van der Waals surface area (Å²) >= 11 is 0. The molecule has 1 fully saturated rings. The lowest BCUT2D eigenvalue weighted by atomic mass is 10.0. The summed E-state index contributed by atoms with van der Waals surface area (Å²) in [4.78, 5) is 0. The van der Waals surface area contributed by atoms with Gasteiger partial charge in [0, 0.05) is 6.04 Å². The van der Waals surface area contributed by atoms with Crippen molar-refractivity contribution in [3.05, 3.63) is 17.9 Å². The second kappa shape index (κ2) is 2.29. The van der Waals surface area contributed by atoms with E-state index in [0.717, 1.165) is 24.4 Å². The summed E-state index contributed by atoms with van der Waals surface area (Å²) < 4.78 is 0. The third-order valence-electron chi connectivity index (χ3n) is 1.53. The van der Waals surface area contributed by atoms with Crippen molar-refractivity contribution in [2.45, 2.75) is 18.9 Å². The third kappa shape index (κ3) is 0.904. The van der Waals surface area contributed by atoms with Crippen molar-refractivity contribution in [3.63, 3.8) is 0 Å². The molecule has 0 aromatic rings. The fraction of sp³-hybridized carbons (Fsp3) is 0.667. The average molecular weight is 112 g/mol. The highest BCUT2D eigenvalue weighted by Crippen LogP contribution is 2.17. The van der Waals surface area contributed by atoms with E-state index >= 15 is 0 Å². The second-order valence-electron chi connectivity index (χ2n) is 2.11. The van der Waals surface area contributed by atoms with Crippen LogP contribution in [0, 0.1) is 5.21 Å². The maximum Gasteiger partial charge on any atom is 0.00208 e. The monoisotopic (exact) mass is 112 g/mol. The molecule has 0 spiro atoms. The minimum absolute atomic E-state index is 0.257. The van der Waals surface area contributed by atoms with Crippen LogP contribution in [0.15, 0.2) is 12.7 Å². The van der Waals surface area contributed by atoms with E-state index < -0.39 is 0 Å². The predicted molar refractivity (Wildman–Crippen MR) is 33.3 cm³/mol. The standard InChI is InChI=1S/C6H10NO/c1-2-3-6-4-5-7(6)8/h2,6H,1,3-5H2/q-1. The molecule has 0 amide bonds. The van der Waals surface area contributed by atoms with Gasteiger partial charge >= 0.3 is 0 Å². The fourth-order valence-corrected chi connectivity index (χ4v) is 0.845. The molecule has 1 rings (SSSR count). The summed E-state index contributed by atoms with van der Waals surface area (Å²) in [7, 11) is 0. The van der Waals surface area contributed by atoms with Crippen LogP contribution in [0.25, 0.3) is 0 Å². The molecule has 0 aliphatic carbocycles. The first-order chi connectivity index (χ1) is 3.84. The lowest BCUT2D eigenvalue weighted by Crippen LogP contribution is -2.42. The highest BCUT2D eigenvalue weighted by molar-refractivity contribution is 4.88. The van der Waals surface area contributed by atoms with E-state index in [9.17, 15) is 5.21 Å². The first kappa shape index (κ1) is 5.79. The first-order valence-electron chi connectivity index (χ1n) is 2.89. The third-order valence-corrected chi connectivity index (χ3v) is 1.53. The van der Waals surface area contributed by atoms with Crippen molar-refractivity contribution in [2.75, 3.05) is 6.54 Å². The highest BCUT2D eigenvalue weighted by atomic mass is 16.5. The Balaban J connectivity index is 2.16. The Morgan fingerprint density at radius 1 is 1.88 bits per heavy atom. The number of hydrogen-bond donors (Lipinski definition) is 0. The van der Waals surface area contributed by atoms with E-state index in [1.807, 2.05) is 0 Å². The fourth-order valence-electron chi connectivity index (χ4n) is 0.845. The molecule has 1 aliphatic rings. The summed E-state index contributed by atoms with van der Waals surface area (Å²) in [6.07, 6.45) is 3.70. The van der Waals surface area contributed by atoms with Crippen molar-refractivity contribution in [3.8, 4) is 0 Å². The van der Waals surface area contributed by atoms with Crippen molar-refractivity contribution >= 4 is 0 Å². The molecule has 0 aromatic carbocycles. The van der Waals surface area contributed by atoms with Gasteiger partial charge in [0.1, 0.15) is 0 Å². The molecule has 0 N–H and O–H groups in total. The number of hydrogen-bond acceptors (Lipinski definition) is 2. The van der Waals surface area contributed by atoms with Crippen molar-refractivity contribution in [1.82, 2.24) is 5.06 Å². The summed E-state index contributed by atoms with van der Waals surface area (Å²) in [5, 5.41) is 11.6. The zero-order valence-electron chi connectivity index (χ0n) is 4.84. The lowest BCUT2D eigenvalue weighted by Gasteiger charge is -2.46. The van der Waals surface area contributed by atoms with E-state index in [-0.39, 0.29) is 6.04 Å². The van der Waals surface area contributed by atoms with Crippen molar-refractivity contribution < 1.29 is 0 Å². The van der Waals surface area contributed by atoms with Crippen LogP contribution in [-0.4, -0.2) is 17.6 Å². The van der Waals surface area contributed by atoms with E-state index in [4.69, 9.17) is 0 Å². The van der Waals surface area contributed by atoms with E-state index in [1.165, 1.54) is 0 Å². The van der Waals surface area contributed by atoms with Gasteiger partial charge in [-0.2, -0.15) is 0 Å². The van der Waals surface area contributed by atoms with Gasteiger partial charge in [0.15, 0.2) is 0 Å². The number of hydroxylamine groups is 2. The topological polar surface area (TPSA) is 26.3 Å². The quantitative estimate of drug-likeness (QED) is 0.500. The van der Waals surface area contributed by atoms with Gasteiger partial charge in [0.05, 0.1) is 0 Å². The zero-order valence-corrected chi connectivity index (χ0v) is 4.84. The normalized spacial score (nSPS) is 29.4. The van der Waals surface area contributed by atoms with Gasteiger partial charge in [0.25, 0.3) is 0 Å². The summed E-state index contributed by atoms with van der Waals surface area (Å²) in [6, 6.07) is 0.257. The van der Waals surface area contributed by atoms with Crippen LogP contribution in [0.2, 0.25) is 0 Å². The Hall–Kier alpha value is -0.340. The molecule has 2 nitrogen and oxygen atoms in total. The molecular weight excluding hydrogens is 102 g/mol. The molecule has 0 aromatic heterocycles. The predicted octanol–water partition coefficient (Wildman–Crippen LogP) is 1.13. The molecule has 8 heavy (non-hydrogen) atoms. The Morgan fingerprint density at radius 2 is 2.62 bits per heavy atom. The van der Waals surface area contributed by atoms with Crippen molar-refractivity contribution in [2.24, 2.45) is 0 Å². The van der Waals surface area contributed by atoms with Crippen LogP contribution in [0.4, 0.5) is 0 Å². The average Bonchev–Trinajstić information content (AvgIpc) is 1.79. The highest BCUT2D eigenvalue weighted by Gasteiger charge is 2.16. The largest absolute Gasteiger partial charge is 0.785 e. The SMILES string of the molecule is C=CCC1CCN1[O-]. The van der Waals surface area contributed by atoms with Gasteiger partial charge in [-0.3, -0.25) is 0 Å². The summed E-state index contributed by atoms with van der Waals surface area (Å²) in [6.45, 7) is 4.27. The van der Waals surface area contributed by atoms with E-state index in [1.54, 1.807) is 6.08 Å². The Kier molecular flexibility index (Phi) is 1.65. The minimum atomic E-state index is 0.257. The molecule has 1 atom stereocenters. The van der Waals surface area contributed by atoms with Gasteiger partial charge in [-0.05, 0) is 19.4 Å². The van der Waals surface area contributed by atoms with Gasteiger partial charge in [-0.25, -0.2) is 0 Å². The Labute approximate surface area is 49.4 Å². The van der Waals surface area contributed by atoms with Crippen LogP contribution >= 0.6 is 0 Å². The van der Waals surface area contributed by atoms with Gasteiger partial charge < -0.3 is 10.3 Å². The lowest BCUT2D eigenvalue weighted by molar-refractivity contribution is 0.158. The molecule has 0 radical (unpaired) electrons. The molecule has 0 bridgehead atoms. The van der Waals surface area contributed by atoms with Crippen LogP contribution in [0.3, 0.4) is 0 Å². The Morgan fingerprint density at radius 3 is 2.75 bits per heavy atom. The number of rotatable bonds is 2. The molecule has 1 unspecified atom stereocenters. The summed E-state index contributed by atoms with van der Waals surface area (Å²) in [5.74, 6) is 0. The van der Waals surface area contributed by atoms with Crippen LogP contribution in [0.1, 0.15) is 12.8 Å². The van der Waals surface area contributed by atoms with Crippen LogP contribution in [-0.2, 0) is 0 Å². The summed E-state index contributed by atoms with van der Waals surface area (Å²) in [5.41, 5.74) is 0. The molecule has 0 saturated carbocycles.